The van der Waals surface area contributed by atoms with Gasteiger partial charge in [0, 0.05) is 19.4 Å². The first-order chi connectivity index (χ1) is 10.3. The molecular formula is C17H23N3O2. The van der Waals surface area contributed by atoms with E-state index >= 15 is 0 Å². The molecule has 3 rings (SSSR count). The molecule has 118 valence electrons. The first-order valence-corrected chi connectivity index (χ1v) is 7.73. The second-order valence-corrected chi connectivity index (χ2v) is 7.07. The minimum absolute atomic E-state index is 0.330. The average Bonchev–Trinajstić information content (AvgIpc) is 3.17. The zero-order valence-corrected chi connectivity index (χ0v) is 13.7. The highest BCUT2D eigenvalue weighted by molar-refractivity contribution is 5.67. The monoisotopic (exact) mass is 301 g/mol. The van der Waals surface area contributed by atoms with Crippen molar-refractivity contribution in [3.05, 3.63) is 35.8 Å². The summed E-state index contributed by atoms with van der Waals surface area (Å²) in [5.41, 5.74) is 2.67. The Bertz CT molecular complexity index is 695. The Labute approximate surface area is 130 Å². The van der Waals surface area contributed by atoms with Crippen LogP contribution in [-0.2, 0) is 11.3 Å². The van der Waals surface area contributed by atoms with Gasteiger partial charge in [-0.2, -0.15) is 0 Å². The highest BCUT2D eigenvalue weighted by Gasteiger charge is 2.24. The molecule has 1 aliphatic carbocycles. The predicted molar refractivity (Wildman–Crippen MR) is 84.9 cm³/mol. The summed E-state index contributed by atoms with van der Waals surface area (Å²) in [6.45, 7) is 6.03. The van der Waals surface area contributed by atoms with E-state index in [2.05, 4.69) is 17.2 Å². The largest absolute Gasteiger partial charge is 0.444 e. The zero-order valence-electron chi connectivity index (χ0n) is 13.7. The Morgan fingerprint density at radius 1 is 1.36 bits per heavy atom. The number of rotatable bonds is 3. The predicted octanol–water partition coefficient (Wildman–Crippen LogP) is 3.58. The van der Waals surface area contributed by atoms with E-state index in [9.17, 15) is 4.79 Å². The lowest BCUT2D eigenvalue weighted by molar-refractivity contribution is 0.0283. The van der Waals surface area contributed by atoms with E-state index in [4.69, 9.17) is 4.74 Å². The topological polar surface area (TPSA) is 46.8 Å². The molecule has 1 saturated carbocycles. The molecule has 2 heterocycles. The van der Waals surface area contributed by atoms with Crippen molar-refractivity contribution in [2.24, 2.45) is 0 Å². The molecule has 0 atom stereocenters. The molecular weight excluding hydrogens is 278 g/mol. The molecule has 0 saturated heterocycles. The summed E-state index contributed by atoms with van der Waals surface area (Å²) in [4.78, 5) is 18.1. The molecule has 0 bridgehead atoms. The van der Waals surface area contributed by atoms with Gasteiger partial charge in [-0.1, -0.05) is 6.07 Å². The Hall–Kier alpha value is -2.04. The minimum atomic E-state index is -0.483. The third-order valence-electron chi connectivity index (χ3n) is 3.68. The summed E-state index contributed by atoms with van der Waals surface area (Å²) < 4.78 is 7.40. The van der Waals surface area contributed by atoms with E-state index in [-0.39, 0.29) is 6.09 Å². The Balaban J connectivity index is 1.72. The van der Waals surface area contributed by atoms with Gasteiger partial charge in [0.15, 0.2) is 0 Å². The fourth-order valence-corrected chi connectivity index (χ4v) is 2.44. The molecule has 2 aromatic heterocycles. The van der Waals surface area contributed by atoms with Crippen LogP contribution in [0.4, 0.5) is 4.79 Å². The van der Waals surface area contributed by atoms with Crippen molar-refractivity contribution in [3.63, 3.8) is 0 Å². The van der Waals surface area contributed by atoms with Crippen molar-refractivity contribution in [2.75, 3.05) is 7.05 Å². The molecule has 0 radical (unpaired) electrons. The first kappa shape index (κ1) is 14.9. The molecule has 0 spiro atoms. The summed E-state index contributed by atoms with van der Waals surface area (Å²) in [5, 5.41) is 0. The lowest BCUT2D eigenvalue weighted by atomic mass is 10.2. The highest BCUT2D eigenvalue weighted by atomic mass is 16.6. The van der Waals surface area contributed by atoms with Gasteiger partial charge in [0.1, 0.15) is 11.2 Å². The second kappa shape index (κ2) is 5.30. The van der Waals surface area contributed by atoms with Gasteiger partial charge in [-0.25, -0.2) is 9.78 Å². The molecule has 1 amide bonds. The van der Waals surface area contributed by atoms with Gasteiger partial charge in [0.25, 0.3) is 0 Å². The van der Waals surface area contributed by atoms with Crippen molar-refractivity contribution in [2.45, 2.75) is 51.7 Å². The maximum Gasteiger partial charge on any atom is 0.410 e. The van der Waals surface area contributed by atoms with Gasteiger partial charge >= 0.3 is 6.09 Å². The van der Waals surface area contributed by atoms with Crippen LogP contribution in [0.15, 0.2) is 24.5 Å². The van der Waals surface area contributed by atoms with Crippen LogP contribution in [-0.4, -0.2) is 33.0 Å². The molecule has 5 nitrogen and oxygen atoms in total. The molecule has 0 aliphatic heterocycles. The highest BCUT2D eigenvalue weighted by Crippen LogP contribution is 2.39. The zero-order chi connectivity index (χ0) is 15.9. The summed E-state index contributed by atoms with van der Waals surface area (Å²) in [7, 11) is 1.73. The number of aromatic nitrogens is 2. The van der Waals surface area contributed by atoms with Gasteiger partial charge < -0.3 is 14.0 Å². The average molecular weight is 301 g/mol. The van der Waals surface area contributed by atoms with Crippen molar-refractivity contribution in [1.29, 1.82) is 0 Å². The number of fused-ring (bicyclic) bond motifs is 1. The standard InChI is InChI=1S/C17H23N3O2/c1-17(2,3)22-16(21)19(4)10-14-11-20-9-13(12-5-6-12)7-8-15(20)18-14/h7-9,11-12H,5-6,10H2,1-4H3. The fourth-order valence-electron chi connectivity index (χ4n) is 2.44. The van der Waals surface area contributed by atoms with E-state index in [1.54, 1.807) is 11.9 Å². The van der Waals surface area contributed by atoms with E-state index in [0.29, 0.717) is 6.54 Å². The third-order valence-corrected chi connectivity index (χ3v) is 3.68. The number of amides is 1. The number of carbonyl (C=O) groups is 1. The fraction of sp³-hybridized carbons (Fsp3) is 0.529. The molecule has 22 heavy (non-hydrogen) atoms. The smallest absolute Gasteiger partial charge is 0.410 e. The van der Waals surface area contributed by atoms with E-state index in [1.165, 1.54) is 18.4 Å². The molecule has 5 heteroatoms. The number of pyridine rings is 1. The lowest BCUT2D eigenvalue weighted by Crippen LogP contribution is -2.33. The van der Waals surface area contributed by atoms with Crippen LogP contribution in [0.5, 0.6) is 0 Å². The van der Waals surface area contributed by atoms with Crippen LogP contribution >= 0.6 is 0 Å². The number of imidazole rings is 1. The van der Waals surface area contributed by atoms with Gasteiger partial charge in [-0.15, -0.1) is 0 Å². The molecule has 0 unspecified atom stereocenters. The Morgan fingerprint density at radius 2 is 2.09 bits per heavy atom. The molecule has 0 aromatic carbocycles. The van der Waals surface area contributed by atoms with Gasteiger partial charge in [0.2, 0.25) is 0 Å². The minimum Gasteiger partial charge on any atom is -0.444 e. The Morgan fingerprint density at radius 3 is 2.73 bits per heavy atom. The maximum atomic E-state index is 12.0. The van der Waals surface area contributed by atoms with Crippen molar-refractivity contribution < 1.29 is 9.53 Å². The van der Waals surface area contributed by atoms with Crippen LogP contribution < -0.4 is 0 Å². The molecule has 1 fully saturated rings. The van der Waals surface area contributed by atoms with Crippen molar-refractivity contribution >= 4 is 11.7 Å². The van der Waals surface area contributed by atoms with Crippen LogP contribution in [0.3, 0.4) is 0 Å². The number of carbonyl (C=O) groups excluding carboxylic acids is 1. The number of hydrogen-bond donors (Lipinski definition) is 0. The van der Waals surface area contributed by atoms with Gasteiger partial charge in [-0.3, -0.25) is 0 Å². The first-order valence-electron chi connectivity index (χ1n) is 7.73. The van der Waals surface area contributed by atoms with E-state index in [0.717, 1.165) is 17.3 Å². The number of nitrogens with zero attached hydrogens (tertiary/aromatic N) is 3. The van der Waals surface area contributed by atoms with Crippen molar-refractivity contribution in [3.8, 4) is 0 Å². The summed E-state index contributed by atoms with van der Waals surface area (Å²) in [5.74, 6) is 0.722. The lowest BCUT2D eigenvalue weighted by Gasteiger charge is -2.24. The quantitative estimate of drug-likeness (QED) is 0.870. The van der Waals surface area contributed by atoms with Crippen LogP contribution in [0.25, 0.3) is 5.65 Å². The molecule has 1 aliphatic rings. The second-order valence-electron chi connectivity index (χ2n) is 7.07. The summed E-state index contributed by atoms with van der Waals surface area (Å²) in [6, 6.07) is 4.20. The third kappa shape index (κ3) is 3.40. The van der Waals surface area contributed by atoms with Crippen LogP contribution in [0.1, 0.15) is 50.8 Å². The van der Waals surface area contributed by atoms with Crippen LogP contribution in [0, 0.1) is 0 Å². The summed E-state index contributed by atoms with van der Waals surface area (Å²) in [6.07, 6.45) is 6.38. The van der Waals surface area contributed by atoms with Crippen LogP contribution in [0.2, 0.25) is 0 Å². The molecule has 2 aromatic rings. The molecule has 0 N–H and O–H groups in total. The van der Waals surface area contributed by atoms with Gasteiger partial charge in [-0.05, 0) is 51.2 Å². The van der Waals surface area contributed by atoms with E-state index < -0.39 is 5.60 Å². The van der Waals surface area contributed by atoms with E-state index in [1.807, 2.05) is 37.4 Å². The Kier molecular flexibility index (Phi) is 3.59. The normalized spacial score (nSPS) is 15.1. The van der Waals surface area contributed by atoms with Crippen molar-refractivity contribution in [1.82, 2.24) is 14.3 Å². The SMILES string of the molecule is CN(Cc1cn2cc(C3CC3)ccc2n1)C(=O)OC(C)(C)C. The van der Waals surface area contributed by atoms with Gasteiger partial charge in [0.05, 0.1) is 12.2 Å². The summed E-state index contributed by atoms with van der Waals surface area (Å²) >= 11 is 0. The number of hydrogen-bond acceptors (Lipinski definition) is 3. The number of ether oxygens (including phenoxy) is 1. The maximum absolute atomic E-state index is 12.0.